The summed E-state index contributed by atoms with van der Waals surface area (Å²) in [5.41, 5.74) is 4.47. The quantitative estimate of drug-likeness (QED) is 0.528. The Hall–Kier alpha value is -1.36. The summed E-state index contributed by atoms with van der Waals surface area (Å²) in [4.78, 5) is 21.1. The zero-order valence-corrected chi connectivity index (χ0v) is 8.06. The molecule has 0 aliphatic rings. The molecular formula is C9H15NO4. The van der Waals surface area contributed by atoms with Crippen LogP contribution in [0.25, 0.3) is 0 Å². The van der Waals surface area contributed by atoms with E-state index in [0.29, 0.717) is 12.8 Å². The number of unbranched alkanes of at least 4 members (excludes halogenated alkanes) is 1. The summed E-state index contributed by atoms with van der Waals surface area (Å²) in [5.74, 6) is -2.18. The molecule has 1 atom stereocenters. The maximum Gasteiger partial charge on any atom is 0.334 e. The van der Waals surface area contributed by atoms with Gasteiger partial charge in [-0.25, -0.2) is 4.79 Å². The lowest BCUT2D eigenvalue weighted by Crippen LogP contribution is -2.21. The SMILES string of the molecule is CCCCC(O)/C(=C/C(N)=O)C(=O)O. The third kappa shape index (κ3) is 4.61. The van der Waals surface area contributed by atoms with Crippen LogP contribution in [0.3, 0.4) is 0 Å². The van der Waals surface area contributed by atoms with Crippen LogP contribution < -0.4 is 5.73 Å². The molecule has 0 aromatic heterocycles. The molecule has 1 unspecified atom stereocenters. The summed E-state index contributed by atoms with van der Waals surface area (Å²) in [6, 6.07) is 0. The number of aliphatic hydroxyl groups excluding tert-OH is 1. The average molecular weight is 201 g/mol. The molecule has 0 aliphatic carbocycles. The van der Waals surface area contributed by atoms with Gasteiger partial charge in [0.05, 0.1) is 11.7 Å². The van der Waals surface area contributed by atoms with Gasteiger partial charge in [-0.1, -0.05) is 19.8 Å². The van der Waals surface area contributed by atoms with Gasteiger partial charge in [0.25, 0.3) is 0 Å². The number of aliphatic carboxylic acids is 1. The molecule has 4 N–H and O–H groups in total. The zero-order valence-electron chi connectivity index (χ0n) is 8.06. The van der Waals surface area contributed by atoms with E-state index in [2.05, 4.69) is 0 Å². The Labute approximate surface area is 82.2 Å². The van der Waals surface area contributed by atoms with Gasteiger partial charge >= 0.3 is 5.97 Å². The van der Waals surface area contributed by atoms with Crippen LogP contribution >= 0.6 is 0 Å². The van der Waals surface area contributed by atoms with Gasteiger partial charge in [-0.15, -0.1) is 0 Å². The Bertz CT molecular complexity index is 247. The summed E-state index contributed by atoms with van der Waals surface area (Å²) in [6.07, 6.45) is 1.50. The van der Waals surface area contributed by atoms with Crippen molar-refractivity contribution in [3.05, 3.63) is 11.6 Å². The number of amides is 1. The Morgan fingerprint density at radius 1 is 1.50 bits per heavy atom. The highest BCUT2D eigenvalue weighted by molar-refractivity contribution is 5.97. The van der Waals surface area contributed by atoms with Crippen LogP contribution in [0.1, 0.15) is 26.2 Å². The minimum atomic E-state index is -1.31. The summed E-state index contributed by atoms with van der Waals surface area (Å²) in [7, 11) is 0. The summed E-state index contributed by atoms with van der Waals surface area (Å²) >= 11 is 0. The second-order valence-corrected chi connectivity index (χ2v) is 2.97. The van der Waals surface area contributed by atoms with Gasteiger partial charge in [-0.05, 0) is 6.42 Å². The van der Waals surface area contributed by atoms with Crippen molar-refractivity contribution in [3.8, 4) is 0 Å². The largest absolute Gasteiger partial charge is 0.478 e. The third-order valence-corrected chi connectivity index (χ3v) is 1.73. The van der Waals surface area contributed by atoms with Crippen LogP contribution in [0.15, 0.2) is 11.6 Å². The van der Waals surface area contributed by atoms with E-state index < -0.39 is 18.0 Å². The molecule has 0 heterocycles. The molecule has 0 radical (unpaired) electrons. The second-order valence-electron chi connectivity index (χ2n) is 2.97. The van der Waals surface area contributed by atoms with Crippen LogP contribution in [-0.4, -0.2) is 28.2 Å². The topological polar surface area (TPSA) is 101 Å². The van der Waals surface area contributed by atoms with Crippen molar-refractivity contribution in [2.24, 2.45) is 5.73 Å². The molecule has 0 rings (SSSR count). The molecule has 0 aromatic rings. The molecular weight excluding hydrogens is 186 g/mol. The highest BCUT2D eigenvalue weighted by atomic mass is 16.4. The summed E-state index contributed by atoms with van der Waals surface area (Å²) < 4.78 is 0. The third-order valence-electron chi connectivity index (χ3n) is 1.73. The van der Waals surface area contributed by atoms with E-state index >= 15 is 0 Å². The minimum absolute atomic E-state index is 0.321. The predicted molar refractivity (Wildman–Crippen MR) is 50.4 cm³/mol. The molecule has 0 aromatic carbocycles. The number of carbonyl (C=O) groups is 2. The normalized spacial score (nSPS) is 13.7. The molecule has 0 saturated carbocycles. The maximum atomic E-state index is 10.6. The first-order chi connectivity index (χ1) is 6.49. The van der Waals surface area contributed by atoms with Gasteiger partial charge in [0.2, 0.25) is 5.91 Å². The zero-order chi connectivity index (χ0) is 11.1. The van der Waals surface area contributed by atoms with Crippen molar-refractivity contribution in [3.63, 3.8) is 0 Å². The van der Waals surface area contributed by atoms with Crippen molar-refractivity contribution in [2.45, 2.75) is 32.3 Å². The highest BCUT2D eigenvalue weighted by Crippen LogP contribution is 2.10. The van der Waals surface area contributed by atoms with Crippen molar-refractivity contribution < 1.29 is 19.8 Å². The van der Waals surface area contributed by atoms with Gasteiger partial charge in [0.15, 0.2) is 0 Å². The molecule has 5 nitrogen and oxygen atoms in total. The van der Waals surface area contributed by atoms with Crippen LogP contribution in [0.5, 0.6) is 0 Å². The number of carboxylic acid groups (broad SMARTS) is 1. The standard InChI is InChI=1S/C9H15NO4/c1-2-3-4-7(11)6(9(13)14)5-8(10)12/h5,7,11H,2-4H2,1H3,(H2,10,12)(H,13,14)/b6-5-. The molecule has 1 amide bonds. The van der Waals surface area contributed by atoms with Gasteiger partial charge in [-0.2, -0.15) is 0 Å². The number of nitrogens with two attached hydrogens (primary N) is 1. The van der Waals surface area contributed by atoms with Gasteiger partial charge in [0, 0.05) is 6.08 Å². The predicted octanol–water partition coefficient (Wildman–Crippen LogP) is 0.0338. The Morgan fingerprint density at radius 2 is 2.07 bits per heavy atom. The number of primary amides is 1. The lowest BCUT2D eigenvalue weighted by Gasteiger charge is -2.09. The first-order valence-corrected chi connectivity index (χ1v) is 4.41. The minimum Gasteiger partial charge on any atom is -0.478 e. The van der Waals surface area contributed by atoms with E-state index in [1.165, 1.54) is 0 Å². The number of aliphatic hydroxyl groups is 1. The number of rotatable bonds is 6. The van der Waals surface area contributed by atoms with E-state index in [9.17, 15) is 14.7 Å². The van der Waals surface area contributed by atoms with Crippen molar-refractivity contribution in [1.82, 2.24) is 0 Å². The van der Waals surface area contributed by atoms with E-state index in [1.807, 2.05) is 6.92 Å². The Morgan fingerprint density at radius 3 is 2.43 bits per heavy atom. The molecule has 0 bridgehead atoms. The Balaban J connectivity index is 4.49. The fourth-order valence-electron chi connectivity index (χ4n) is 1.01. The highest BCUT2D eigenvalue weighted by Gasteiger charge is 2.18. The fraction of sp³-hybridized carbons (Fsp3) is 0.556. The second kappa shape index (κ2) is 6.15. The van der Waals surface area contributed by atoms with E-state index in [0.717, 1.165) is 12.5 Å². The van der Waals surface area contributed by atoms with Crippen molar-refractivity contribution >= 4 is 11.9 Å². The van der Waals surface area contributed by atoms with Crippen molar-refractivity contribution in [2.75, 3.05) is 0 Å². The molecule has 0 spiro atoms. The number of carboxylic acids is 1. The van der Waals surface area contributed by atoms with Crippen LogP contribution in [0, 0.1) is 0 Å². The summed E-state index contributed by atoms with van der Waals surface area (Å²) in [5, 5.41) is 18.1. The molecule has 0 saturated heterocycles. The van der Waals surface area contributed by atoms with Crippen LogP contribution in [0.2, 0.25) is 0 Å². The van der Waals surface area contributed by atoms with E-state index in [-0.39, 0.29) is 5.57 Å². The number of hydrogen-bond donors (Lipinski definition) is 3. The molecule has 80 valence electrons. The molecule has 5 heteroatoms. The first-order valence-electron chi connectivity index (χ1n) is 4.41. The Kier molecular flexibility index (Phi) is 5.55. The van der Waals surface area contributed by atoms with Gasteiger partial charge in [0.1, 0.15) is 0 Å². The number of hydrogen-bond acceptors (Lipinski definition) is 3. The van der Waals surface area contributed by atoms with Crippen LogP contribution in [-0.2, 0) is 9.59 Å². The molecule has 14 heavy (non-hydrogen) atoms. The monoisotopic (exact) mass is 201 g/mol. The average Bonchev–Trinajstić information content (AvgIpc) is 2.09. The molecule has 0 aliphatic heterocycles. The number of carbonyl (C=O) groups excluding carboxylic acids is 1. The van der Waals surface area contributed by atoms with Crippen LogP contribution in [0.4, 0.5) is 0 Å². The lowest BCUT2D eigenvalue weighted by molar-refractivity contribution is -0.134. The van der Waals surface area contributed by atoms with Gasteiger partial charge in [-0.3, -0.25) is 4.79 Å². The smallest absolute Gasteiger partial charge is 0.334 e. The fourth-order valence-corrected chi connectivity index (χ4v) is 1.01. The first kappa shape index (κ1) is 12.6. The van der Waals surface area contributed by atoms with Crippen molar-refractivity contribution in [1.29, 1.82) is 0 Å². The summed E-state index contributed by atoms with van der Waals surface area (Å²) in [6.45, 7) is 1.92. The maximum absolute atomic E-state index is 10.6. The van der Waals surface area contributed by atoms with Gasteiger partial charge < -0.3 is 15.9 Å². The molecule has 0 fully saturated rings. The van der Waals surface area contributed by atoms with E-state index in [1.54, 1.807) is 0 Å². The lowest BCUT2D eigenvalue weighted by atomic mass is 10.0. The van der Waals surface area contributed by atoms with E-state index in [4.69, 9.17) is 10.8 Å².